The molecular formula is C9H15N3O2S. The van der Waals surface area contributed by atoms with Gasteiger partial charge in [-0.1, -0.05) is 0 Å². The first-order chi connectivity index (χ1) is 7.24. The molecule has 0 aliphatic heterocycles. The predicted octanol–water partition coefficient (Wildman–Crippen LogP) is 1.15. The molecule has 0 radical (unpaired) electrons. The molecule has 0 saturated carbocycles. The van der Waals surface area contributed by atoms with Gasteiger partial charge in [0.1, 0.15) is 5.76 Å². The van der Waals surface area contributed by atoms with Crippen molar-refractivity contribution in [2.45, 2.75) is 12.7 Å². The van der Waals surface area contributed by atoms with Crippen molar-refractivity contribution in [2.75, 3.05) is 19.3 Å². The van der Waals surface area contributed by atoms with Gasteiger partial charge in [0, 0.05) is 19.3 Å². The molecule has 0 saturated heterocycles. The molecule has 2 N–H and O–H groups in total. The Labute approximate surface area is 93.0 Å². The summed E-state index contributed by atoms with van der Waals surface area (Å²) in [5.41, 5.74) is 0.932. The minimum atomic E-state index is -0.147. The molecular weight excluding hydrogens is 214 g/mol. The molecule has 5 nitrogen and oxygen atoms in total. The van der Waals surface area contributed by atoms with Crippen LogP contribution in [0.1, 0.15) is 11.5 Å². The highest BCUT2D eigenvalue weighted by atomic mass is 32.2. The lowest BCUT2D eigenvalue weighted by molar-refractivity contribution is 0.243. The van der Waals surface area contributed by atoms with Crippen LogP contribution in [0, 0.1) is 6.92 Å². The Balaban J connectivity index is 2.07. The lowest BCUT2D eigenvalue weighted by Crippen LogP contribution is -2.34. The van der Waals surface area contributed by atoms with Crippen molar-refractivity contribution < 1.29 is 9.21 Å². The van der Waals surface area contributed by atoms with Crippen LogP contribution in [0.3, 0.4) is 0 Å². The third-order valence-corrected chi connectivity index (χ3v) is 2.80. The first-order valence-corrected chi connectivity index (χ1v) is 5.81. The molecule has 1 aromatic rings. The number of oxazole rings is 1. The SMILES string of the molecule is CNC(=O)NCCSCc1ocnc1C. The molecule has 6 heteroatoms. The van der Waals surface area contributed by atoms with Crippen LogP contribution in [-0.4, -0.2) is 30.4 Å². The number of carbonyl (C=O) groups excluding carboxylic acids is 1. The van der Waals surface area contributed by atoms with Crippen molar-refractivity contribution >= 4 is 17.8 Å². The highest BCUT2D eigenvalue weighted by molar-refractivity contribution is 7.98. The van der Waals surface area contributed by atoms with E-state index < -0.39 is 0 Å². The maximum atomic E-state index is 10.8. The van der Waals surface area contributed by atoms with Gasteiger partial charge >= 0.3 is 6.03 Å². The van der Waals surface area contributed by atoms with Gasteiger partial charge in [-0.15, -0.1) is 0 Å². The minimum Gasteiger partial charge on any atom is -0.447 e. The van der Waals surface area contributed by atoms with Crippen molar-refractivity contribution in [3.8, 4) is 0 Å². The van der Waals surface area contributed by atoms with Gasteiger partial charge in [0.25, 0.3) is 0 Å². The summed E-state index contributed by atoms with van der Waals surface area (Å²) in [4.78, 5) is 14.8. The second-order valence-corrected chi connectivity index (χ2v) is 4.02. The molecule has 0 fully saturated rings. The van der Waals surface area contributed by atoms with E-state index in [1.807, 2.05) is 6.92 Å². The van der Waals surface area contributed by atoms with Crippen LogP contribution < -0.4 is 10.6 Å². The normalized spacial score (nSPS) is 10.0. The van der Waals surface area contributed by atoms with Crippen molar-refractivity contribution in [1.29, 1.82) is 0 Å². The molecule has 0 unspecified atom stereocenters. The molecule has 84 valence electrons. The van der Waals surface area contributed by atoms with Gasteiger partial charge in [-0.05, 0) is 6.92 Å². The van der Waals surface area contributed by atoms with Gasteiger partial charge in [-0.2, -0.15) is 11.8 Å². The lowest BCUT2D eigenvalue weighted by Gasteiger charge is -2.03. The molecule has 2 amide bonds. The third kappa shape index (κ3) is 4.24. The second kappa shape index (κ2) is 6.34. The number of carbonyl (C=O) groups is 1. The Bertz CT molecular complexity index is 314. The molecule has 1 heterocycles. The van der Waals surface area contributed by atoms with E-state index in [4.69, 9.17) is 4.42 Å². The monoisotopic (exact) mass is 229 g/mol. The maximum Gasteiger partial charge on any atom is 0.314 e. The van der Waals surface area contributed by atoms with Crippen molar-refractivity contribution in [3.05, 3.63) is 17.8 Å². The average molecular weight is 229 g/mol. The Hall–Kier alpha value is -1.17. The summed E-state index contributed by atoms with van der Waals surface area (Å²) in [7, 11) is 1.60. The Morgan fingerprint density at radius 1 is 1.67 bits per heavy atom. The summed E-state index contributed by atoms with van der Waals surface area (Å²) in [5, 5.41) is 5.20. The van der Waals surface area contributed by atoms with Crippen LogP contribution in [0.5, 0.6) is 0 Å². The van der Waals surface area contributed by atoms with E-state index in [1.165, 1.54) is 6.39 Å². The third-order valence-electron chi connectivity index (χ3n) is 1.84. The summed E-state index contributed by atoms with van der Waals surface area (Å²) < 4.78 is 5.18. The first kappa shape index (κ1) is 11.9. The van der Waals surface area contributed by atoms with E-state index in [2.05, 4.69) is 15.6 Å². The van der Waals surface area contributed by atoms with Gasteiger partial charge in [0.2, 0.25) is 0 Å². The number of aromatic nitrogens is 1. The first-order valence-electron chi connectivity index (χ1n) is 4.66. The molecule has 0 aromatic carbocycles. The van der Waals surface area contributed by atoms with Crippen molar-refractivity contribution in [3.63, 3.8) is 0 Å². The molecule has 1 aromatic heterocycles. The summed E-state index contributed by atoms with van der Waals surface area (Å²) in [6.07, 6.45) is 1.45. The standard InChI is InChI=1S/C9H15N3O2S/c1-7-8(14-6-12-7)5-15-4-3-11-9(13)10-2/h6H,3-5H2,1-2H3,(H2,10,11,13). The summed E-state index contributed by atoms with van der Waals surface area (Å²) in [5.74, 6) is 2.55. The lowest BCUT2D eigenvalue weighted by atomic mass is 10.4. The van der Waals surface area contributed by atoms with Gasteiger partial charge in [-0.25, -0.2) is 9.78 Å². The number of amides is 2. The van der Waals surface area contributed by atoms with E-state index in [-0.39, 0.29) is 6.03 Å². The number of nitrogens with one attached hydrogen (secondary N) is 2. The fourth-order valence-electron chi connectivity index (χ4n) is 0.955. The number of nitrogens with zero attached hydrogens (tertiary/aromatic N) is 1. The van der Waals surface area contributed by atoms with Crippen molar-refractivity contribution in [2.24, 2.45) is 0 Å². The van der Waals surface area contributed by atoms with Crippen LogP contribution in [0.15, 0.2) is 10.8 Å². The van der Waals surface area contributed by atoms with Gasteiger partial charge in [-0.3, -0.25) is 0 Å². The van der Waals surface area contributed by atoms with E-state index >= 15 is 0 Å². The van der Waals surface area contributed by atoms with Gasteiger partial charge < -0.3 is 15.1 Å². The highest BCUT2D eigenvalue weighted by Crippen LogP contribution is 2.14. The number of urea groups is 1. The number of hydrogen-bond donors (Lipinski definition) is 2. The summed E-state index contributed by atoms with van der Waals surface area (Å²) in [6, 6.07) is -0.147. The van der Waals surface area contributed by atoms with Crippen LogP contribution in [0.4, 0.5) is 4.79 Å². The van der Waals surface area contributed by atoms with Crippen LogP contribution in [0.2, 0.25) is 0 Å². The predicted molar refractivity (Wildman–Crippen MR) is 59.9 cm³/mol. The topological polar surface area (TPSA) is 67.2 Å². The smallest absolute Gasteiger partial charge is 0.314 e. The zero-order valence-electron chi connectivity index (χ0n) is 8.87. The molecule has 15 heavy (non-hydrogen) atoms. The fourth-order valence-corrected chi connectivity index (χ4v) is 1.81. The maximum absolute atomic E-state index is 10.8. The molecule has 0 aliphatic rings. The second-order valence-electron chi connectivity index (χ2n) is 2.92. The van der Waals surface area contributed by atoms with E-state index in [9.17, 15) is 4.79 Å². The van der Waals surface area contributed by atoms with E-state index in [0.717, 1.165) is 23.0 Å². The summed E-state index contributed by atoms with van der Waals surface area (Å²) in [6.45, 7) is 2.57. The van der Waals surface area contributed by atoms with Crippen LogP contribution in [0.25, 0.3) is 0 Å². The zero-order chi connectivity index (χ0) is 11.1. The van der Waals surface area contributed by atoms with Gasteiger partial charge in [0.15, 0.2) is 6.39 Å². The van der Waals surface area contributed by atoms with E-state index in [0.29, 0.717) is 6.54 Å². The molecule has 0 bridgehead atoms. The number of hydrogen-bond acceptors (Lipinski definition) is 4. The average Bonchev–Trinajstić information content (AvgIpc) is 2.63. The highest BCUT2D eigenvalue weighted by Gasteiger charge is 2.02. The Morgan fingerprint density at radius 3 is 3.07 bits per heavy atom. The molecule has 0 spiro atoms. The van der Waals surface area contributed by atoms with Crippen LogP contribution in [-0.2, 0) is 5.75 Å². The Morgan fingerprint density at radius 2 is 2.47 bits per heavy atom. The molecule has 1 rings (SSSR count). The molecule has 0 aliphatic carbocycles. The quantitative estimate of drug-likeness (QED) is 0.743. The fraction of sp³-hybridized carbons (Fsp3) is 0.556. The van der Waals surface area contributed by atoms with Crippen LogP contribution >= 0.6 is 11.8 Å². The van der Waals surface area contributed by atoms with E-state index in [1.54, 1.807) is 18.8 Å². The number of thioether (sulfide) groups is 1. The summed E-state index contributed by atoms with van der Waals surface area (Å²) >= 11 is 1.70. The number of rotatable bonds is 5. The largest absolute Gasteiger partial charge is 0.447 e. The molecule has 0 atom stereocenters. The van der Waals surface area contributed by atoms with Gasteiger partial charge in [0.05, 0.1) is 11.4 Å². The zero-order valence-corrected chi connectivity index (χ0v) is 9.69. The van der Waals surface area contributed by atoms with Crippen molar-refractivity contribution in [1.82, 2.24) is 15.6 Å². The number of aryl methyl sites for hydroxylation is 1. The minimum absolute atomic E-state index is 0.147. The Kier molecular flexibility index (Phi) is 5.03.